The second kappa shape index (κ2) is 6.80. The van der Waals surface area contributed by atoms with Crippen molar-refractivity contribution in [2.75, 3.05) is 6.61 Å². The van der Waals surface area contributed by atoms with E-state index in [-0.39, 0.29) is 6.10 Å². The highest BCUT2D eigenvalue weighted by atomic mass is 32.1. The minimum atomic E-state index is -0.576. The lowest BCUT2D eigenvalue weighted by Gasteiger charge is -2.22. The molecule has 102 valence electrons. The van der Waals surface area contributed by atoms with Gasteiger partial charge in [0.05, 0.1) is 11.1 Å². The van der Waals surface area contributed by atoms with Gasteiger partial charge in [-0.25, -0.2) is 4.98 Å². The van der Waals surface area contributed by atoms with Crippen LogP contribution >= 0.6 is 11.3 Å². The minimum absolute atomic E-state index is 0.296. The van der Waals surface area contributed by atoms with Crippen molar-refractivity contribution >= 4 is 11.3 Å². The lowest BCUT2D eigenvalue weighted by Crippen LogP contribution is -2.23. The normalized spacial score (nSPS) is 14.3. The molecule has 0 saturated heterocycles. The van der Waals surface area contributed by atoms with Gasteiger partial charge in [0.15, 0.2) is 0 Å². The first kappa shape index (κ1) is 14.2. The van der Waals surface area contributed by atoms with E-state index in [4.69, 9.17) is 4.74 Å². The Morgan fingerprint density at radius 2 is 2.05 bits per heavy atom. The summed E-state index contributed by atoms with van der Waals surface area (Å²) in [5.74, 6) is 0. The number of hydrogen-bond acceptors (Lipinski definition) is 4. The molecular weight excluding hydrogens is 258 g/mol. The van der Waals surface area contributed by atoms with Crippen molar-refractivity contribution in [2.45, 2.75) is 32.5 Å². The van der Waals surface area contributed by atoms with E-state index >= 15 is 0 Å². The molecule has 0 bridgehead atoms. The highest BCUT2D eigenvalue weighted by Gasteiger charge is 2.22. The molecule has 2 unspecified atom stereocenters. The number of ether oxygens (including phenoxy) is 1. The van der Waals surface area contributed by atoms with E-state index in [1.165, 1.54) is 0 Å². The van der Waals surface area contributed by atoms with Crippen LogP contribution < -0.4 is 0 Å². The summed E-state index contributed by atoms with van der Waals surface area (Å²) in [6, 6.07) is 9.85. The Bertz CT molecular complexity index is 498. The van der Waals surface area contributed by atoms with Crippen LogP contribution in [0.15, 0.2) is 35.7 Å². The molecule has 0 radical (unpaired) electrons. The van der Waals surface area contributed by atoms with Crippen molar-refractivity contribution in [3.05, 3.63) is 52.0 Å². The zero-order valence-corrected chi connectivity index (χ0v) is 12.1. The fraction of sp³-hybridized carbons (Fsp3) is 0.400. The van der Waals surface area contributed by atoms with Crippen LogP contribution in [0, 0.1) is 6.92 Å². The monoisotopic (exact) mass is 277 g/mol. The van der Waals surface area contributed by atoms with Gasteiger partial charge in [-0.3, -0.25) is 0 Å². The highest BCUT2D eigenvalue weighted by molar-refractivity contribution is 7.09. The van der Waals surface area contributed by atoms with Gasteiger partial charge < -0.3 is 9.84 Å². The number of thiazole rings is 1. The van der Waals surface area contributed by atoms with Crippen molar-refractivity contribution < 1.29 is 9.84 Å². The van der Waals surface area contributed by atoms with Crippen molar-refractivity contribution in [3.63, 3.8) is 0 Å². The van der Waals surface area contributed by atoms with Crippen LogP contribution in [0.1, 0.15) is 29.3 Å². The first-order valence-corrected chi connectivity index (χ1v) is 7.34. The van der Waals surface area contributed by atoms with E-state index < -0.39 is 6.10 Å². The van der Waals surface area contributed by atoms with Crippen LogP contribution in [0.25, 0.3) is 0 Å². The molecular formula is C15H19NO2S. The number of hydrogen-bond donors (Lipinski definition) is 1. The second-order valence-corrected chi connectivity index (χ2v) is 5.38. The summed E-state index contributed by atoms with van der Waals surface area (Å²) < 4.78 is 5.70. The Morgan fingerprint density at radius 3 is 2.63 bits per heavy atom. The lowest BCUT2D eigenvalue weighted by molar-refractivity contribution is -0.0340. The van der Waals surface area contributed by atoms with E-state index in [0.29, 0.717) is 13.0 Å². The van der Waals surface area contributed by atoms with Gasteiger partial charge in [-0.05, 0) is 19.4 Å². The molecule has 0 aliphatic heterocycles. The molecule has 4 heteroatoms. The summed E-state index contributed by atoms with van der Waals surface area (Å²) in [4.78, 5) is 4.39. The van der Waals surface area contributed by atoms with Crippen LogP contribution in [0.3, 0.4) is 0 Å². The van der Waals surface area contributed by atoms with Crippen LogP contribution in [-0.4, -0.2) is 22.8 Å². The summed E-state index contributed by atoms with van der Waals surface area (Å²) in [6.45, 7) is 4.48. The zero-order chi connectivity index (χ0) is 13.7. The fourth-order valence-corrected chi connectivity index (χ4v) is 2.86. The molecule has 0 saturated carbocycles. The number of aliphatic hydroxyl groups is 1. The van der Waals surface area contributed by atoms with E-state index in [2.05, 4.69) is 4.98 Å². The third-order valence-corrected chi connectivity index (χ3v) is 3.86. The predicted molar refractivity (Wildman–Crippen MR) is 77.4 cm³/mol. The van der Waals surface area contributed by atoms with Gasteiger partial charge in [0.25, 0.3) is 0 Å². The number of aliphatic hydroxyl groups excluding tert-OH is 1. The molecule has 1 N–H and O–H groups in total. The van der Waals surface area contributed by atoms with Crippen molar-refractivity contribution in [1.82, 2.24) is 4.98 Å². The highest BCUT2D eigenvalue weighted by Crippen LogP contribution is 2.24. The molecule has 0 amide bonds. The van der Waals surface area contributed by atoms with Crippen LogP contribution in [0.5, 0.6) is 0 Å². The third kappa shape index (κ3) is 3.86. The van der Waals surface area contributed by atoms with Gasteiger partial charge in [0.1, 0.15) is 6.10 Å². The topological polar surface area (TPSA) is 42.4 Å². The summed E-state index contributed by atoms with van der Waals surface area (Å²) in [6.07, 6.45) is -0.346. The van der Waals surface area contributed by atoms with E-state index in [1.54, 1.807) is 11.3 Å². The first-order valence-electron chi connectivity index (χ1n) is 6.46. The average Bonchev–Trinajstić information content (AvgIpc) is 2.82. The van der Waals surface area contributed by atoms with Gasteiger partial charge in [-0.15, -0.1) is 11.3 Å². The number of benzene rings is 1. The zero-order valence-electron chi connectivity index (χ0n) is 11.2. The van der Waals surface area contributed by atoms with Crippen molar-refractivity contribution in [1.29, 1.82) is 0 Å². The molecule has 19 heavy (non-hydrogen) atoms. The maximum atomic E-state index is 10.4. The summed E-state index contributed by atoms with van der Waals surface area (Å²) in [5.41, 5.74) is 2.00. The van der Waals surface area contributed by atoms with Gasteiger partial charge in [0.2, 0.25) is 0 Å². The van der Waals surface area contributed by atoms with Gasteiger partial charge in [-0.1, -0.05) is 30.3 Å². The number of rotatable bonds is 6. The molecule has 0 spiro atoms. The fourth-order valence-electron chi connectivity index (χ4n) is 2.03. The number of nitrogens with zero attached hydrogens (tertiary/aromatic N) is 1. The maximum Gasteiger partial charge on any atom is 0.109 e. The molecule has 1 aromatic carbocycles. The first-order chi connectivity index (χ1) is 9.20. The van der Waals surface area contributed by atoms with Crippen molar-refractivity contribution in [2.24, 2.45) is 0 Å². The van der Waals surface area contributed by atoms with Gasteiger partial charge >= 0.3 is 0 Å². The molecule has 0 aliphatic rings. The summed E-state index contributed by atoms with van der Waals surface area (Å²) >= 11 is 1.58. The summed E-state index contributed by atoms with van der Waals surface area (Å²) in [7, 11) is 0. The van der Waals surface area contributed by atoms with E-state index in [9.17, 15) is 5.11 Å². The van der Waals surface area contributed by atoms with Crippen LogP contribution in [-0.2, 0) is 11.2 Å². The van der Waals surface area contributed by atoms with Gasteiger partial charge in [0, 0.05) is 24.1 Å². The quantitative estimate of drug-likeness (QED) is 0.882. The van der Waals surface area contributed by atoms with E-state index in [0.717, 1.165) is 16.3 Å². The number of aryl methyl sites for hydroxylation is 1. The molecule has 2 aromatic rings. The molecule has 2 atom stereocenters. The Labute approximate surface area is 117 Å². The molecule has 3 nitrogen and oxygen atoms in total. The molecule has 1 heterocycles. The molecule has 2 rings (SSSR count). The molecule has 0 fully saturated rings. The van der Waals surface area contributed by atoms with Crippen molar-refractivity contribution in [3.8, 4) is 0 Å². The third-order valence-electron chi connectivity index (χ3n) is 2.87. The van der Waals surface area contributed by atoms with Crippen LogP contribution in [0.4, 0.5) is 0 Å². The smallest absolute Gasteiger partial charge is 0.109 e. The standard InChI is InChI=1S/C15H19NO2S/c1-3-18-15(12-7-5-4-6-8-12)13(17)9-14-16-11(2)10-19-14/h4-8,10,13,15,17H,3,9H2,1-2H3. The Hall–Kier alpha value is -1.23. The van der Waals surface area contributed by atoms with Gasteiger partial charge in [-0.2, -0.15) is 0 Å². The summed E-state index contributed by atoms with van der Waals surface area (Å²) in [5, 5.41) is 13.3. The minimum Gasteiger partial charge on any atom is -0.390 e. The average molecular weight is 277 g/mol. The Balaban J connectivity index is 2.10. The molecule has 1 aromatic heterocycles. The molecule has 0 aliphatic carbocycles. The predicted octanol–water partition coefficient (Wildman–Crippen LogP) is 3.13. The number of aromatic nitrogens is 1. The SMILES string of the molecule is CCOC(c1ccccc1)C(O)Cc1nc(C)cs1. The van der Waals surface area contributed by atoms with Crippen LogP contribution in [0.2, 0.25) is 0 Å². The van der Waals surface area contributed by atoms with E-state index in [1.807, 2.05) is 49.6 Å². The second-order valence-electron chi connectivity index (χ2n) is 4.44. The Morgan fingerprint density at radius 1 is 1.32 bits per heavy atom. The Kier molecular flexibility index (Phi) is 5.07. The maximum absolute atomic E-state index is 10.4. The largest absolute Gasteiger partial charge is 0.390 e. The lowest BCUT2D eigenvalue weighted by atomic mass is 10.0.